The van der Waals surface area contributed by atoms with Gasteiger partial charge in [0.25, 0.3) is 0 Å². The van der Waals surface area contributed by atoms with E-state index in [2.05, 4.69) is 20.7 Å². The quantitative estimate of drug-likeness (QED) is 0.891. The lowest BCUT2D eigenvalue weighted by Gasteiger charge is -2.12. The van der Waals surface area contributed by atoms with E-state index in [9.17, 15) is 13.2 Å². The number of alkyl halides is 3. The highest BCUT2D eigenvalue weighted by molar-refractivity contribution is 5.49. The number of nitrogens with one attached hydrogen (secondary N) is 2. The molecule has 0 aliphatic heterocycles. The SMILES string of the molecule is CNc1cc(C(F)(F)F)cc(NCCc2cnn(C)c2)n1. The molecule has 0 atom stereocenters. The molecule has 2 aromatic heterocycles. The summed E-state index contributed by atoms with van der Waals surface area (Å²) in [6.45, 7) is 0.475. The summed E-state index contributed by atoms with van der Waals surface area (Å²) in [5, 5.41) is 9.56. The van der Waals surface area contributed by atoms with Crippen LogP contribution in [-0.2, 0) is 19.6 Å². The first kappa shape index (κ1) is 15.1. The van der Waals surface area contributed by atoms with Gasteiger partial charge < -0.3 is 10.6 Å². The van der Waals surface area contributed by atoms with Gasteiger partial charge >= 0.3 is 6.18 Å². The maximum atomic E-state index is 12.8. The normalized spacial score (nSPS) is 11.5. The molecule has 114 valence electrons. The van der Waals surface area contributed by atoms with Gasteiger partial charge in [0, 0.05) is 26.8 Å². The summed E-state index contributed by atoms with van der Waals surface area (Å²) in [5.74, 6) is 0.367. The third-order valence-electron chi connectivity index (χ3n) is 2.89. The third-order valence-corrected chi connectivity index (χ3v) is 2.89. The number of hydrogen-bond acceptors (Lipinski definition) is 4. The minimum atomic E-state index is -4.39. The van der Waals surface area contributed by atoms with E-state index in [4.69, 9.17) is 0 Å². The molecule has 2 rings (SSSR count). The number of anilines is 2. The zero-order chi connectivity index (χ0) is 15.5. The predicted molar refractivity (Wildman–Crippen MR) is 74.2 cm³/mol. The minimum Gasteiger partial charge on any atom is -0.373 e. The third kappa shape index (κ3) is 4.11. The van der Waals surface area contributed by atoms with Crippen molar-refractivity contribution < 1.29 is 13.2 Å². The lowest BCUT2D eigenvalue weighted by Crippen LogP contribution is -2.11. The molecular formula is C13H16F3N5. The van der Waals surface area contributed by atoms with Crippen molar-refractivity contribution in [1.29, 1.82) is 0 Å². The average molecular weight is 299 g/mol. The zero-order valence-electron chi connectivity index (χ0n) is 11.7. The number of hydrogen-bond donors (Lipinski definition) is 2. The molecule has 2 aromatic rings. The van der Waals surface area contributed by atoms with Crippen molar-refractivity contribution in [1.82, 2.24) is 14.8 Å². The second kappa shape index (κ2) is 6.02. The second-order valence-corrected chi connectivity index (χ2v) is 4.57. The van der Waals surface area contributed by atoms with Gasteiger partial charge in [-0.25, -0.2) is 4.98 Å². The summed E-state index contributed by atoms with van der Waals surface area (Å²) in [6, 6.07) is 1.98. The molecule has 0 saturated heterocycles. The van der Waals surface area contributed by atoms with Crippen LogP contribution in [0.1, 0.15) is 11.1 Å². The Morgan fingerprint density at radius 3 is 2.52 bits per heavy atom. The van der Waals surface area contributed by atoms with Crippen molar-refractivity contribution in [2.45, 2.75) is 12.6 Å². The van der Waals surface area contributed by atoms with Crippen LogP contribution in [-0.4, -0.2) is 28.4 Å². The molecule has 21 heavy (non-hydrogen) atoms. The summed E-state index contributed by atoms with van der Waals surface area (Å²) in [5.41, 5.74) is 0.275. The van der Waals surface area contributed by atoms with Crippen LogP contribution in [0, 0.1) is 0 Å². The number of nitrogens with zero attached hydrogens (tertiary/aromatic N) is 3. The molecular weight excluding hydrogens is 283 g/mol. The van der Waals surface area contributed by atoms with Crippen molar-refractivity contribution in [2.24, 2.45) is 7.05 Å². The van der Waals surface area contributed by atoms with Crippen LogP contribution in [0.2, 0.25) is 0 Å². The molecule has 0 spiro atoms. The molecule has 0 aliphatic carbocycles. The first-order chi connectivity index (χ1) is 9.88. The molecule has 5 nitrogen and oxygen atoms in total. The highest BCUT2D eigenvalue weighted by Gasteiger charge is 2.31. The molecule has 2 N–H and O–H groups in total. The van der Waals surface area contributed by atoms with Crippen LogP contribution in [0.5, 0.6) is 0 Å². The average Bonchev–Trinajstić information content (AvgIpc) is 2.83. The zero-order valence-corrected chi connectivity index (χ0v) is 11.7. The maximum Gasteiger partial charge on any atom is 0.416 e. The summed E-state index contributed by atoms with van der Waals surface area (Å²) in [4.78, 5) is 4.06. The number of aryl methyl sites for hydroxylation is 1. The molecule has 0 aliphatic rings. The fourth-order valence-corrected chi connectivity index (χ4v) is 1.85. The van der Waals surface area contributed by atoms with E-state index < -0.39 is 11.7 Å². The van der Waals surface area contributed by atoms with Gasteiger partial charge in [0.15, 0.2) is 0 Å². The van der Waals surface area contributed by atoms with Crippen molar-refractivity contribution in [3.05, 3.63) is 35.7 Å². The van der Waals surface area contributed by atoms with E-state index in [1.807, 2.05) is 13.2 Å². The van der Waals surface area contributed by atoms with Crippen LogP contribution >= 0.6 is 0 Å². The van der Waals surface area contributed by atoms with Gasteiger partial charge in [0.1, 0.15) is 11.6 Å². The molecule has 0 radical (unpaired) electrons. The highest BCUT2D eigenvalue weighted by atomic mass is 19.4. The monoisotopic (exact) mass is 299 g/mol. The van der Waals surface area contributed by atoms with Crippen molar-refractivity contribution in [3.8, 4) is 0 Å². The molecule has 0 aromatic carbocycles. The van der Waals surface area contributed by atoms with Crippen molar-refractivity contribution >= 4 is 11.6 Å². The molecule has 0 saturated carbocycles. The molecule has 0 fully saturated rings. The molecule has 0 amide bonds. The van der Waals surface area contributed by atoms with Crippen molar-refractivity contribution in [2.75, 3.05) is 24.2 Å². The van der Waals surface area contributed by atoms with E-state index in [1.54, 1.807) is 10.9 Å². The van der Waals surface area contributed by atoms with Crippen LogP contribution in [0.4, 0.5) is 24.8 Å². The van der Waals surface area contributed by atoms with Gasteiger partial charge in [-0.05, 0) is 24.1 Å². The molecule has 2 heterocycles. The summed E-state index contributed by atoms with van der Waals surface area (Å²) in [6.07, 6.45) is -0.157. The van der Waals surface area contributed by atoms with Crippen molar-refractivity contribution in [3.63, 3.8) is 0 Å². The van der Waals surface area contributed by atoms with E-state index in [1.165, 1.54) is 7.05 Å². The Hall–Kier alpha value is -2.25. The Labute approximate surface area is 120 Å². The fourth-order valence-electron chi connectivity index (χ4n) is 1.85. The first-order valence-electron chi connectivity index (χ1n) is 6.37. The van der Waals surface area contributed by atoms with Gasteiger partial charge in [0.05, 0.1) is 11.8 Å². The van der Waals surface area contributed by atoms with Gasteiger partial charge in [-0.15, -0.1) is 0 Å². The summed E-state index contributed by atoms with van der Waals surface area (Å²) in [7, 11) is 3.34. The molecule has 8 heteroatoms. The van der Waals surface area contributed by atoms with Gasteiger partial charge in [-0.3, -0.25) is 4.68 Å². The first-order valence-corrected chi connectivity index (χ1v) is 6.37. The Balaban J connectivity index is 2.05. The van der Waals surface area contributed by atoms with Crippen LogP contribution in [0.25, 0.3) is 0 Å². The molecule has 0 bridgehead atoms. The number of pyridine rings is 1. The minimum absolute atomic E-state index is 0.175. The number of halogens is 3. The molecule has 0 unspecified atom stereocenters. The largest absolute Gasteiger partial charge is 0.416 e. The van der Waals surface area contributed by atoms with Crippen LogP contribution < -0.4 is 10.6 Å². The number of rotatable bonds is 5. The Bertz CT molecular complexity index is 606. The summed E-state index contributed by atoms with van der Waals surface area (Å²) >= 11 is 0. The Morgan fingerprint density at radius 1 is 1.24 bits per heavy atom. The fraction of sp³-hybridized carbons (Fsp3) is 0.385. The van der Waals surface area contributed by atoms with E-state index in [0.717, 1.165) is 17.7 Å². The summed E-state index contributed by atoms with van der Waals surface area (Å²) < 4.78 is 40.0. The maximum absolute atomic E-state index is 12.8. The van der Waals surface area contributed by atoms with Crippen LogP contribution in [0.15, 0.2) is 24.5 Å². The topological polar surface area (TPSA) is 54.8 Å². The lowest BCUT2D eigenvalue weighted by atomic mass is 10.2. The van der Waals surface area contributed by atoms with Gasteiger partial charge in [0.2, 0.25) is 0 Å². The predicted octanol–water partition coefficient (Wildman–Crippen LogP) is 2.53. The van der Waals surface area contributed by atoms with Gasteiger partial charge in [-0.2, -0.15) is 18.3 Å². The smallest absolute Gasteiger partial charge is 0.373 e. The Kier molecular flexibility index (Phi) is 4.35. The van der Waals surface area contributed by atoms with E-state index in [-0.39, 0.29) is 11.6 Å². The Morgan fingerprint density at radius 2 is 1.95 bits per heavy atom. The van der Waals surface area contributed by atoms with E-state index in [0.29, 0.717) is 13.0 Å². The number of aromatic nitrogens is 3. The van der Waals surface area contributed by atoms with Crippen LogP contribution in [0.3, 0.4) is 0 Å². The standard InChI is InChI=1S/C13H16F3N5/c1-17-11-5-10(13(14,15)16)6-12(20-11)18-4-3-9-7-19-21(2)8-9/h5-8H,3-4H2,1-2H3,(H2,17,18,20). The lowest BCUT2D eigenvalue weighted by molar-refractivity contribution is -0.137. The van der Waals surface area contributed by atoms with E-state index >= 15 is 0 Å². The second-order valence-electron chi connectivity index (χ2n) is 4.57. The highest BCUT2D eigenvalue weighted by Crippen LogP contribution is 2.31. The van der Waals surface area contributed by atoms with Gasteiger partial charge in [-0.1, -0.05) is 0 Å².